The number of nitrogens with one attached hydrogen (secondary N) is 1. The number of rotatable bonds is 2. The lowest BCUT2D eigenvalue weighted by molar-refractivity contribution is 1.07. The highest BCUT2D eigenvalue weighted by Gasteiger charge is 2.03. The molecule has 1 heterocycles. The first-order chi connectivity index (χ1) is 5.11. The average molecular weight is 186 g/mol. The van der Waals surface area contributed by atoms with Crippen molar-refractivity contribution in [2.75, 3.05) is 0 Å². The molecule has 1 aromatic rings. The molecular formula is C5H6N4S2. The normalized spacial score (nSPS) is 9.45. The number of hydrogen-bond acceptors (Lipinski definition) is 3. The monoisotopic (exact) mass is 186 g/mol. The molecule has 5 N–H and O–H groups in total. The van der Waals surface area contributed by atoms with Gasteiger partial charge in [-0.3, -0.25) is 5.10 Å². The lowest BCUT2D eigenvalue weighted by atomic mass is 10.3. The maximum absolute atomic E-state index is 5.30. The van der Waals surface area contributed by atoms with Crippen molar-refractivity contribution in [2.24, 2.45) is 11.5 Å². The fraction of sp³-hybridized carbons (Fsp3) is 0. The highest BCUT2D eigenvalue weighted by molar-refractivity contribution is 7.81. The highest BCUT2D eigenvalue weighted by Crippen LogP contribution is 1.98. The first kappa shape index (κ1) is 8.09. The van der Waals surface area contributed by atoms with Gasteiger partial charge in [0, 0.05) is 0 Å². The average Bonchev–Trinajstić information content (AvgIpc) is 2.33. The zero-order valence-corrected chi connectivity index (χ0v) is 7.13. The van der Waals surface area contributed by atoms with E-state index >= 15 is 0 Å². The molecule has 0 aliphatic carbocycles. The van der Waals surface area contributed by atoms with Gasteiger partial charge in [-0.2, -0.15) is 5.10 Å². The molecule has 0 fully saturated rings. The van der Waals surface area contributed by atoms with E-state index in [4.69, 9.17) is 11.5 Å². The van der Waals surface area contributed by atoms with Gasteiger partial charge < -0.3 is 11.5 Å². The Hall–Kier alpha value is -1.01. The summed E-state index contributed by atoms with van der Waals surface area (Å²) in [6.07, 6.45) is 0. The number of H-pyrrole nitrogens is 1. The van der Waals surface area contributed by atoms with E-state index in [2.05, 4.69) is 34.6 Å². The molecule has 58 valence electrons. The van der Waals surface area contributed by atoms with Gasteiger partial charge in [0.05, 0.1) is 5.69 Å². The summed E-state index contributed by atoms with van der Waals surface area (Å²) >= 11 is 9.36. The molecule has 0 aromatic carbocycles. The molecule has 0 spiro atoms. The van der Waals surface area contributed by atoms with Crippen LogP contribution in [0.25, 0.3) is 0 Å². The Morgan fingerprint density at radius 1 is 1.36 bits per heavy atom. The standard InChI is InChI=1S/C5H6N4S2/c6-4(10)2-1-3(5(7)11)9-8-2/h1H,(H2,6,10)(H2,7,11)(H,8,9). The molecule has 0 amide bonds. The molecule has 1 aromatic heterocycles. The van der Waals surface area contributed by atoms with Crippen LogP contribution in [0.5, 0.6) is 0 Å². The summed E-state index contributed by atoms with van der Waals surface area (Å²) < 4.78 is 0. The van der Waals surface area contributed by atoms with Crippen LogP contribution < -0.4 is 11.5 Å². The fourth-order valence-electron chi connectivity index (χ4n) is 0.574. The third-order valence-electron chi connectivity index (χ3n) is 1.10. The number of aromatic amines is 1. The maximum Gasteiger partial charge on any atom is 0.124 e. The molecular weight excluding hydrogens is 180 g/mol. The smallest absolute Gasteiger partial charge is 0.124 e. The quantitative estimate of drug-likeness (QED) is 0.551. The zero-order chi connectivity index (χ0) is 8.43. The first-order valence-electron chi connectivity index (χ1n) is 2.76. The van der Waals surface area contributed by atoms with Gasteiger partial charge in [-0.15, -0.1) is 0 Å². The van der Waals surface area contributed by atoms with Gasteiger partial charge in [0.1, 0.15) is 15.7 Å². The van der Waals surface area contributed by atoms with E-state index in [9.17, 15) is 0 Å². The number of nitrogens with zero attached hydrogens (tertiary/aromatic N) is 1. The van der Waals surface area contributed by atoms with Crippen LogP contribution in [0.1, 0.15) is 11.4 Å². The van der Waals surface area contributed by atoms with E-state index < -0.39 is 0 Å². The van der Waals surface area contributed by atoms with Gasteiger partial charge in [-0.1, -0.05) is 24.4 Å². The lowest BCUT2D eigenvalue weighted by Crippen LogP contribution is -2.10. The summed E-state index contributed by atoms with van der Waals surface area (Å²) in [6, 6.07) is 1.62. The molecule has 0 radical (unpaired) electrons. The van der Waals surface area contributed by atoms with Crippen LogP contribution in [-0.2, 0) is 0 Å². The molecule has 0 aliphatic heterocycles. The lowest BCUT2D eigenvalue weighted by Gasteiger charge is -1.86. The minimum atomic E-state index is 0.226. The second-order valence-electron chi connectivity index (χ2n) is 1.90. The Morgan fingerprint density at radius 3 is 2.27 bits per heavy atom. The minimum absolute atomic E-state index is 0.226. The van der Waals surface area contributed by atoms with Gasteiger partial charge >= 0.3 is 0 Å². The topological polar surface area (TPSA) is 80.7 Å². The molecule has 0 bridgehead atoms. The summed E-state index contributed by atoms with van der Waals surface area (Å²) in [4.78, 5) is 0.476. The van der Waals surface area contributed by atoms with Crippen LogP contribution in [0, 0.1) is 0 Å². The summed E-state index contributed by atoms with van der Waals surface area (Å²) in [7, 11) is 0. The van der Waals surface area contributed by atoms with Crippen LogP contribution in [0.2, 0.25) is 0 Å². The van der Waals surface area contributed by atoms with E-state index in [0.717, 1.165) is 0 Å². The summed E-state index contributed by atoms with van der Waals surface area (Å²) in [5, 5.41) is 6.38. The van der Waals surface area contributed by atoms with Crippen molar-refractivity contribution >= 4 is 34.4 Å². The van der Waals surface area contributed by atoms with Crippen molar-refractivity contribution in [3.8, 4) is 0 Å². The minimum Gasteiger partial charge on any atom is -0.388 e. The molecule has 0 atom stereocenters. The summed E-state index contributed by atoms with van der Waals surface area (Å²) in [5.41, 5.74) is 11.7. The first-order valence-corrected chi connectivity index (χ1v) is 3.58. The number of thiocarbonyl (C=S) groups is 2. The van der Waals surface area contributed by atoms with E-state index in [1.165, 1.54) is 0 Å². The Labute approximate surface area is 74.0 Å². The van der Waals surface area contributed by atoms with E-state index in [1.807, 2.05) is 0 Å². The van der Waals surface area contributed by atoms with E-state index in [1.54, 1.807) is 6.07 Å². The Balaban J connectivity index is 2.99. The molecule has 6 heteroatoms. The Kier molecular flexibility index (Phi) is 2.16. The molecule has 4 nitrogen and oxygen atoms in total. The zero-order valence-electron chi connectivity index (χ0n) is 5.50. The van der Waals surface area contributed by atoms with Crippen LogP contribution in [0.4, 0.5) is 0 Å². The van der Waals surface area contributed by atoms with Crippen molar-refractivity contribution in [1.29, 1.82) is 0 Å². The van der Waals surface area contributed by atoms with Gasteiger partial charge in [-0.25, -0.2) is 0 Å². The van der Waals surface area contributed by atoms with Crippen LogP contribution in [-0.4, -0.2) is 20.2 Å². The second kappa shape index (κ2) is 2.93. The second-order valence-corrected chi connectivity index (χ2v) is 2.78. The molecule has 0 saturated carbocycles. The molecule has 0 aliphatic rings. The third kappa shape index (κ3) is 1.72. The Bertz CT molecular complexity index is 275. The van der Waals surface area contributed by atoms with Crippen molar-refractivity contribution < 1.29 is 0 Å². The molecule has 11 heavy (non-hydrogen) atoms. The van der Waals surface area contributed by atoms with E-state index in [-0.39, 0.29) is 9.98 Å². The van der Waals surface area contributed by atoms with Crippen LogP contribution in [0.15, 0.2) is 6.07 Å². The van der Waals surface area contributed by atoms with Crippen molar-refractivity contribution in [1.82, 2.24) is 10.2 Å². The summed E-state index contributed by atoms with van der Waals surface area (Å²) in [6.45, 7) is 0. The highest BCUT2D eigenvalue weighted by atomic mass is 32.1. The van der Waals surface area contributed by atoms with Crippen LogP contribution >= 0.6 is 24.4 Å². The predicted molar refractivity (Wildman–Crippen MR) is 50.4 cm³/mol. The molecule has 1 rings (SSSR count). The third-order valence-corrected chi connectivity index (χ3v) is 1.52. The predicted octanol–water partition coefficient (Wildman–Crippen LogP) is -0.322. The number of hydrogen-bond donors (Lipinski definition) is 3. The largest absolute Gasteiger partial charge is 0.388 e. The van der Waals surface area contributed by atoms with Gasteiger partial charge in [0.25, 0.3) is 0 Å². The van der Waals surface area contributed by atoms with Crippen molar-refractivity contribution in [3.05, 3.63) is 17.5 Å². The number of nitrogens with two attached hydrogens (primary N) is 2. The Morgan fingerprint density at radius 2 is 2.00 bits per heavy atom. The van der Waals surface area contributed by atoms with Crippen LogP contribution in [0.3, 0.4) is 0 Å². The van der Waals surface area contributed by atoms with Crippen molar-refractivity contribution in [2.45, 2.75) is 0 Å². The van der Waals surface area contributed by atoms with E-state index in [0.29, 0.717) is 11.4 Å². The molecule has 0 unspecified atom stereocenters. The number of aromatic nitrogens is 2. The summed E-state index contributed by atoms with van der Waals surface area (Å²) in [5.74, 6) is 0. The maximum atomic E-state index is 5.30. The van der Waals surface area contributed by atoms with Gasteiger partial charge in [0.15, 0.2) is 0 Å². The van der Waals surface area contributed by atoms with Gasteiger partial charge in [-0.05, 0) is 6.07 Å². The fourth-order valence-corrected chi connectivity index (χ4v) is 0.783. The SMILES string of the molecule is NC(=S)c1cc(C(N)=S)[nH]n1. The molecule has 0 saturated heterocycles. The van der Waals surface area contributed by atoms with Gasteiger partial charge in [0.2, 0.25) is 0 Å². The van der Waals surface area contributed by atoms with Crippen molar-refractivity contribution in [3.63, 3.8) is 0 Å².